The third kappa shape index (κ3) is 2.99. The Labute approximate surface area is 154 Å². The Morgan fingerprint density at radius 2 is 1.96 bits per heavy atom. The average Bonchev–Trinajstić information content (AvgIpc) is 2.81. The zero-order chi connectivity index (χ0) is 18.1. The van der Waals surface area contributed by atoms with Crippen LogP contribution in [0.25, 0.3) is 11.3 Å². The minimum atomic E-state index is -0.611. The molecule has 0 aliphatic carbocycles. The van der Waals surface area contributed by atoms with Crippen molar-refractivity contribution < 1.29 is 14.9 Å². The predicted molar refractivity (Wildman–Crippen MR) is 98.4 cm³/mol. The highest BCUT2D eigenvalue weighted by Crippen LogP contribution is 2.40. The van der Waals surface area contributed by atoms with E-state index in [9.17, 15) is 10.2 Å². The predicted octanol–water partition coefficient (Wildman–Crippen LogP) is 3.56. The van der Waals surface area contributed by atoms with Crippen molar-refractivity contribution in [3.63, 3.8) is 0 Å². The summed E-state index contributed by atoms with van der Waals surface area (Å²) in [5.74, 6) is 0.790. The van der Waals surface area contributed by atoms with Gasteiger partial charge in [-0.25, -0.2) is 0 Å². The molecule has 1 aromatic heterocycles. The first kappa shape index (κ1) is 16.5. The van der Waals surface area contributed by atoms with Crippen LogP contribution in [-0.2, 0) is 0 Å². The molecule has 8 heteroatoms. The van der Waals surface area contributed by atoms with E-state index in [4.69, 9.17) is 4.74 Å². The lowest BCUT2D eigenvalue weighted by Crippen LogP contribution is -2.17. The van der Waals surface area contributed by atoms with Crippen LogP contribution in [0.15, 0.2) is 47.6 Å². The van der Waals surface area contributed by atoms with Gasteiger partial charge in [-0.3, -0.25) is 0 Å². The number of hydrogen-bond acceptors (Lipinski definition) is 8. The standard InChI is InChI=1S/C18H16N4O3S/c1-2-26-18-20-17-15(21-22-18)11-5-3-4-6-12(11)19-16(25-17)10-7-8-13(23)14(24)9-10/h3-9,16,19,23-24H,2H2,1H3/t16-/m0/s1. The minimum Gasteiger partial charge on any atom is -0.504 e. The number of anilines is 1. The molecule has 4 rings (SSSR count). The van der Waals surface area contributed by atoms with E-state index in [-0.39, 0.29) is 11.5 Å². The normalized spacial score (nSPS) is 15.2. The first-order valence-corrected chi connectivity index (χ1v) is 9.06. The maximum atomic E-state index is 9.83. The molecule has 1 aliphatic rings. The minimum absolute atomic E-state index is 0.186. The van der Waals surface area contributed by atoms with E-state index in [1.54, 1.807) is 6.07 Å². The number of aromatic nitrogens is 3. The van der Waals surface area contributed by atoms with Gasteiger partial charge >= 0.3 is 0 Å². The molecular weight excluding hydrogens is 352 g/mol. The number of thioether (sulfide) groups is 1. The molecule has 3 N–H and O–H groups in total. The van der Waals surface area contributed by atoms with Gasteiger partial charge in [0.2, 0.25) is 11.0 Å². The topological polar surface area (TPSA) is 100 Å². The molecule has 0 fully saturated rings. The largest absolute Gasteiger partial charge is 0.504 e. The number of fused-ring (bicyclic) bond motifs is 3. The Kier molecular flexibility index (Phi) is 4.26. The van der Waals surface area contributed by atoms with E-state index in [1.165, 1.54) is 23.9 Å². The number of nitrogens with zero attached hydrogens (tertiary/aromatic N) is 3. The van der Waals surface area contributed by atoms with E-state index < -0.39 is 6.23 Å². The Bertz CT molecular complexity index is 967. The summed E-state index contributed by atoms with van der Waals surface area (Å²) in [5.41, 5.74) is 2.85. The molecule has 0 saturated carbocycles. The Morgan fingerprint density at radius 1 is 1.12 bits per heavy atom. The lowest BCUT2D eigenvalue weighted by molar-refractivity contribution is 0.224. The second kappa shape index (κ2) is 6.72. The van der Waals surface area contributed by atoms with Gasteiger partial charge in [0.1, 0.15) is 0 Å². The number of ether oxygens (including phenoxy) is 1. The average molecular weight is 368 g/mol. The summed E-state index contributed by atoms with van der Waals surface area (Å²) in [4.78, 5) is 4.49. The molecule has 0 amide bonds. The summed E-state index contributed by atoms with van der Waals surface area (Å²) in [6, 6.07) is 12.2. The second-order valence-corrected chi connectivity index (χ2v) is 6.85. The third-order valence-corrected chi connectivity index (χ3v) is 4.63. The van der Waals surface area contributed by atoms with Crippen LogP contribution in [0, 0.1) is 0 Å². The number of para-hydroxylation sites is 1. The summed E-state index contributed by atoms with van der Waals surface area (Å²) < 4.78 is 6.08. The molecule has 0 bridgehead atoms. The van der Waals surface area contributed by atoms with Crippen molar-refractivity contribution in [3.8, 4) is 28.6 Å². The highest BCUT2D eigenvalue weighted by Gasteiger charge is 2.26. The quantitative estimate of drug-likeness (QED) is 0.477. The summed E-state index contributed by atoms with van der Waals surface area (Å²) in [6.07, 6.45) is -0.611. The summed E-state index contributed by atoms with van der Waals surface area (Å²) in [7, 11) is 0. The zero-order valence-electron chi connectivity index (χ0n) is 13.9. The fourth-order valence-electron chi connectivity index (χ4n) is 2.69. The Balaban J connectivity index is 1.83. The molecule has 0 spiro atoms. The van der Waals surface area contributed by atoms with Gasteiger partial charge in [-0.05, 0) is 30.0 Å². The molecule has 2 heterocycles. The van der Waals surface area contributed by atoms with Crippen molar-refractivity contribution in [2.75, 3.05) is 11.1 Å². The van der Waals surface area contributed by atoms with Crippen molar-refractivity contribution in [2.45, 2.75) is 18.3 Å². The molecule has 3 aromatic rings. The molecular formula is C18H16N4O3S. The lowest BCUT2D eigenvalue weighted by atomic mass is 10.1. The number of phenols is 2. The van der Waals surface area contributed by atoms with Crippen molar-refractivity contribution in [1.82, 2.24) is 15.2 Å². The summed E-state index contributed by atoms with van der Waals surface area (Å²) >= 11 is 1.48. The van der Waals surface area contributed by atoms with Gasteiger partial charge in [0, 0.05) is 16.8 Å². The molecule has 132 valence electrons. The van der Waals surface area contributed by atoms with Gasteiger partial charge in [0.25, 0.3) is 0 Å². The number of aromatic hydroxyl groups is 2. The van der Waals surface area contributed by atoms with Gasteiger partial charge in [0.05, 0.1) is 0 Å². The number of benzene rings is 2. The van der Waals surface area contributed by atoms with Crippen LogP contribution in [0.1, 0.15) is 18.7 Å². The van der Waals surface area contributed by atoms with Crippen molar-refractivity contribution in [1.29, 1.82) is 0 Å². The molecule has 0 radical (unpaired) electrons. The van der Waals surface area contributed by atoms with E-state index in [1.807, 2.05) is 31.2 Å². The number of phenolic OH excluding ortho intramolecular Hbond substituents is 2. The lowest BCUT2D eigenvalue weighted by Gasteiger charge is -2.19. The van der Waals surface area contributed by atoms with Crippen LogP contribution in [0.3, 0.4) is 0 Å². The number of hydrogen-bond donors (Lipinski definition) is 3. The van der Waals surface area contributed by atoms with Gasteiger partial charge < -0.3 is 20.3 Å². The summed E-state index contributed by atoms with van der Waals surface area (Å²) in [5, 5.41) is 31.7. The van der Waals surface area contributed by atoms with Crippen LogP contribution in [0.4, 0.5) is 5.69 Å². The van der Waals surface area contributed by atoms with Crippen LogP contribution < -0.4 is 10.1 Å². The highest BCUT2D eigenvalue weighted by atomic mass is 32.2. The first-order chi connectivity index (χ1) is 12.7. The first-order valence-electron chi connectivity index (χ1n) is 8.07. The van der Waals surface area contributed by atoms with Gasteiger partial charge in [-0.1, -0.05) is 36.9 Å². The van der Waals surface area contributed by atoms with E-state index >= 15 is 0 Å². The molecule has 1 aliphatic heterocycles. The van der Waals surface area contributed by atoms with Crippen LogP contribution in [0.5, 0.6) is 17.4 Å². The maximum absolute atomic E-state index is 9.83. The molecule has 26 heavy (non-hydrogen) atoms. The van der Waals surface area contributed by atoms with Crippen molar-refractivity contribution in [2.24, 2.45) is 0 Å². The van der Waals surface area contributed by atoms with Crippen LogP contribution >= 0.6 is 11.8 Å². The van der Waals surface area contributed by atoms with Crippen LogP contribution in [-0.4, -0.2) is 31.1 Å². The SMILES string of the molecule is CCSc1nnc2c(n1)O[C@@H](c1ccc(O)c(O)c1)Nc1ccccc1-2. The smallest absolute Gasteiger partial charge is 0.247 e. The van der Waals surface area contributed by atoms with Gasteiger partial charge in [-0.2, -0.15) is 4.98 Å². The van der Waals surface area contributed by atoms with E-state index in [0.717, 1.165) is 17.0 Å². The number of rotatable bonds is 3. The molecule has 2 aromatic carbocycles. The molecule has 1 atom stereocenters. The molecule has 7 nitrogen and oxygen atoms in total. The van der Waals surface area contributed by atoms with E-state index in [0.29, 0.717) is 22.3 Å². The Hall–Kier alpha value is -3.00. The fourth-order valence-corrected chi connectivity index (χ4v) is 3.20. The Morgan fingerprint density at radius 3 is 2.77 bits per heavy atom. The van der Waals surface area contributed by atoms with Crippen molar-refractivity contribution in [3.05, 3.63) is 48.0 Å². The van der Waals surface area contributed by atoms with Gasteiger partial charge in [0.15, 0.2) is 23.4 Å². The number of nitrogens with one attached hydrogen (secondary N) is 1. The van der Waals surface area contributed by atoms with Crippen molar-refractivity contribution >= 4 is 17.4 Å². The van der Waals surface area contributed by atoms with Crippen LogP contribution in [0.2, 0.25) is 0 Å². The monoisotopic (exact) mass is 368 g/mol. The maximum Gasteiger partial charge on any atom is 0.247 e. The molecule has 0 saturated heterocycles. The second-order valence-electron chi connectivity index (χ2n) is 5.62. The van der Waals surface area contributed by atoms with Gasteiger partial charge in [-0.15, -0.1) is 10.2 Å². The fraction of sp³-hybridized carbons (Fsp3) is 0.167. The molecule has 0 unspecified atom stereocenters. The zero-order valence-corrected chi connectivity index (χ0v) is 14.7. The third-order valence-electron chi connectivity index (χ3n) is 3.91. The van der Waals surface area contributed by atoms with E-state index in [2.05, 4.69) is 20.5 Å². The highest BCUT2D eigenvalue weighted by molar-refractivity contribution is 7.99. The summed E-state index contributed by atoms with van der Waals surface area (Å²) in [6.45, 7) is 2.01.